The van der Waals surface area contributed by atoms with Gasteiger partial charge >= 0.3 is 0 Å². The van der Waals surface area contributed by atoms with E-state index in [0.717, 1.165) is 0 Å². The fourth-order valence-electron chi connectivity index (χ4n) is 0.470. The van der Waals surface area contributed by atoms with E-state index in [1.165, 1.54) is 10.7 Å². The number of rotatable bonds is 0. The van der Waals surface area contributed by atoms with Gasteiger partial charge in [0.25, 0.3) is 0 Å². The molecule has 0 bridgehead atoms. The van der Waals surface area contributed by atoms with Crippen molar-refractivity contribution in [3.05, 3.63) is 28.9 Å². The van der Waals surface area contributed by atoms with Gasteiger partial charge in [0, 0.05) is 10.7 Å². The van der Waals surface area contributed by atoms with Gasteiger partial charge in [0.15, 0.2) is 0 Å². The Labute approximate surface area is 107 Å². The second-order valence-electron chi connectivity index (χ2n) is 1.56. The van der Waals surface area contributed by atoms with Crippen molar-refractivity contribution in [3.63, 3.8) is 0 Å². The molecule has 0 heterocycles. The highest BCUT2D eigenvalue weighted by Gasteiger charge is 1.93. The van der Waals surface area contributed by atoms with Crippen LogP contribution < -0.4 is 0 Å². The Morgan fingerprint density at radius 1 is 1.00 bits per heavy atom. The highest BCUT2D eigenvalue weighted by Crippen LogP contribution is 2.17. The Morgan fingerprint density at radius 2 is 1.55 bits per heavy atom. The fraction of sp³-hybridized carbons (Fsp3) is 0. The molecule has 0 amide bonds. The standard InChI is InChI=1S/C6H3I3.CH2O/c7-4-1-2-5(8)6(9)3-4;1-2/h1-3H;1H2. The molecular formula is C7H5I3O. The molecule has 0 aliphatic rings. The maximum atomic E-state index is 8.00. The van der Waals surface area contributed by atoms with Crippen molar-refractivity contribution in [2.24, 2.45) is 0 Å². The highest BCUT2D eigenvalue weighted by atomic mass is 127. The van der Waals surface area contributed by atoms with Gasteiger partial charge in [-0.1, -0.05) is 0 Å². The van der Waals surface area contributed by atoms with E-state index in [2.05, 4.69) is 86.0 Å². The number of carbonyl (C=O) groups excluding carboxylic acids is 1. The lowest BCUT2D eigenvalue weighted by molar-refractivity contribution is -0.0979. The zero-order valence-corrected chi connectivity index (χ0v) is 12.0. The monoisotopic (exact) mass is 486 g/mol. The molecule has 0 saturated heterocycles. The minimum atomic E-state index is 1.30. The second-order valence-corrected chi connectivity index (χ2v) is 5.13. The molecule has 0 radical (unpaired) electrons. The van der Waals surface area contributed by atoms with Gasteiger partial charge in [-0.2, -0.15) is 0 Å². The van der Waals surface area contributed by atoms with Gasteiger partial charge in [-0.15, -0.1) is 0 Å². The van der Waals surface area contributed by atoms with E-state index in [-0.39, 0.29) is 0 Å². The van der Waals surface area contributed by atoms with Crippen molar-refractivity contribution in [2.45, 2.75) is 0 Å². The molecule has 1 aromatic rings. The number of halogens is 3. The molecule has 0 spiro atoms. The molecule has 0 aliphatic heterocycles. The van der Waals surface area contributed by atoms with Crippen molar-refractivity contribution >= 4 is 74.6 Å². The van der Waals surface area contributed by atoms with Crippen LogP contribution in [0, 0.1) is 10.7 Å². The van der Waals surface area contributed by atoms with Gasteiger partial charge in [0.2, 0.25) is 0 Å². The predicted octanol–water partition coefficient (Wildman–Crippen LogP) is 3.32. The SMILES string of the molecule is C=O.Ic1ccc(I)c(I)c1. The first-order chi connectivity index (χ1) is 5.20. The van der Waals surface area contributed by atoms with Gasteiger partial charge in [-0.3, -0.25) is 0 Å². The van der Waals surface area contributed by atoms with E-state index in [4.69, 9.17) is 4.79 Å². The Morgan fingerprint density at radius 3 is 1.91 bits per heavy atom. The van der Waals surface area contributed by atoms with Gasteiger partial charge in [0.1, 0.15) is 6.79 Å². The van der Waals surface area contributed by atoms with E-state index >= 15 is 0 Å². The molecule has 60 valence electrons. The van der Waals surface area contributed by atoms with Crippen LogP contribution in [0.5, 0.6) is 0 Å². The summed E-state index contributed by atoms with van der Waals surface area (Å²) in [4.78, 5) is 8.00. The van der Waals surface area contributed by atoms with E-state index in [1.807, 2.05) is 6.79 Å². The maximum absolute atomic E-state index is 8.00. The van der Waals surface area contributed by atoms with Crippen LogP contribution >= 0.6 is 67.8 Å². The Bertz CT molecular complexity index is 237. The minimum absolute atomic E-state index is 1.30. The average Bonchev–Trinajstić information content (AvgIpc) is 2.02. The molecule has 1 aromatic carbocycles. The van der Waals surface area contributed by atoms with Crippen LogP contribution in [-0.4, -0.2) is 6.79 Å². The van der Waals surface area contributed by atoms with Crippen molar-refractivity contribution < 1.29 is 4.79 Å². The molecular weight excluding hydrogens is 481 g/mol. The zero-order chi connectivity index (χ0) is 8.85. The van der Waals surface area contributed by atoms with Crippen LogP contribution in [0.25, 0.3) is 0 Å². The molecule has 4 heteroatoms. The van der Waals surface area contributed by atoms with E-state index in [1.54, 1.807) is 0 Å². The largest absolute Gasteiger partial charge is 0.307 e. The normalized spacial score (nSPS) is 8.27. The first-order valence-corrected chi connectivity index (χ1v) is 5.83. The lowest BCUT2D eigenvalue weighted by Gasteiger charge is -1.94. The minimum Gasteiger partial charge on any atom is -0.307 e. The Hall–Kier alpha value is 1.08. The fourth-order valence-corrected chi connectivity index (χ4v) is 2.41. The van der Waals surface area contributed by atoms with Crippen LogP contribution in [-0.2, 0) is 4.79 Å². The van der Waals surface area contributed by atoms with Crippen molar-refractivity contribution in [1.82, 2.24) is 0 Å². The highest BCUT2D eigenvalue weighted by molar-refractivity contribution is 14.1. The summed E-state index contributed by atoms with van der Waals surface area (Å²) in [7, 11) is 0. The smallest absolute Gasteiger partial charge is 0.106 e. The maximum Gasteiger partial charge on any atom is 0.106 e. The summed E-state index contributed by atoms with van der Waals surface area (Å²) >= 11 is 6.98. The quantitative estimate of drug-likeness (QED) is 0.407. The third-order valence-corrected chi connectivity index (χ3v) is 4.42. The van der Waals surface area contributed by atoms with Crippen molar-refractivity contribution in [1.29, 1.82) is 0 Å². The third kappa shape index (κ3) is 4.61. The van der Waals surface area contributed by atoms with Crippen LogP contribution in [0.2, 0.25) is 0 Å². The lowest BCUT2D eigenvalue weighted by atomic mass is 10.4. The first kappa shape index (κ1) is 12.1. The molecule has 0 unspecified atom stereocenters. The molecule has 0 aliphatic carbocycles. The molecule has 0 saturated carbocycles. The molecule has 11 heavy (non-hydrogen) atoms. The average molecular weight is 486 g/mol. The summed E-state index contributed by atoms with van der Waals surface area (Å²) in [6.45, 7) is 2.00. The van der Waals surface area contributed by atoms with Crippen LogP contribution in [0.15, 0.2) is 18.2 Å². The number of hydrogen-bond donors (Lipinski definition) is 0. The Balaban J connectivity index is 0.000000461. The van der Waals surface area contributed by atoms with Gasteiger partial charge in [-0.25, -0.2) is 0 Å². The van der Waals surface area contributed by atoms with E-state index < -0.39 is 0 Å². The lowest BCUT2D eigenvalue weighted by Crippen LogP contribution is -1.78. The van der Waals surface area contributed by atoms with Crippen molar-refractivity contribution in [3.8, 4) is 0 Å². The van der Waals surface area contributed by atoms with Crippen LogP contribution in [0.1, 0.15) is 0 Å². The van der Waals surface area contributed by atoms with E-state index in [0.29, 0.717) is 0 Å². The number of carbonyl (C=O) groups is 1. The van der Waals surface area contributed by atoms with Crippen LogP contribution in [0.4, 0.5) is 0 Å². The zero-order valence-electron chi connectivity index (χ0n) is 5.48. The molecule has 0 N–H and O–H groups in total. The molecule has 0 aromatic heterocycles. The molecule has 1 rings (SSSR count). The topological polar surface area (TPSA) is 17.1 Å². The predicted molar refractivity (Wildman–Crippen MR) is 71.7 cm³/mol. The number of benzene rings is 1. The van der Waals surface area contributed by atoms with Crippen LogP contribution in [0.3, 0.4) is 0 Å². The Kier molecular flexibility index (Phi) is 7.23. The summed E-state index contributed by atoms with van der Waals surface area (Å²) < 4.78 is 3.96. The van der Waals surface area contributed by atoms with Gasteiger partial charge in [-0.05, 0) is 86.0 Å². The number of hydrogen-bond acceptors (Lipinski definition) is 1. The van der Waals surface area contributed by atoms with Crippen molar-refractivity contribution in [2.75, 3.05) is 0 Å². The first-order valence-electron chi connectivity index (χ1n) is 2.59. The van der Waals surface area contributed by atoms with Gasteiger partial charge < -0.3 is 4.79 Å². The second kappa shape index (κ2) is 6.58. The molecule has 0 atom stereocenters. The summed E-state index contributed by atoms with van der Waals surface area (Å²) in [5, 5.41) is 0. The summed E-state index contributed by atoms with van der Waals surface area (Å²) in [5.41, 5.74) is 0. The molecule has 1 nitrogen and oxygen atoms in total. The summed E-state index contributed by atoms with van der Waals surface area (Å²) in [6.07, 6.45) is 0. The molecule has 0 fully saturated rings. The summed E-state index contributed by atoms with van der Waals surface area (Å²) in [5.74, 6) is 0. The third-order valence-electron chi connectivity index (χ3n) is 0.882. The van der Waals surface area contributed by atoms with E-state index in [9.17, 15) is 0 Å². The van der Waals surface area contributed by atoms with Gasteiger partial charge in [0.05, 0.1) is 0 Å². The summed E-state index contributed by atoms with van der Waals surface area (Å²) in [6, 6.07) is 6.41.